The Balaban J connectivity index is 2.15. The van der Waals surface area contributed by atoms with Gasteiger partial charge in [0.2, 0.25) is 5.75 Å². The molecule has 0 amide bonds. The molecule has 2 aromatic carbocycles. The van der Waals surface area contributed by atoms with E-state index in [-0.39, 0.29) is 23.6 Å². The summed E-state index contributed by atoms with van der Waals surface area (Å²) in [7, 11) is 0. The molecule has 0 saturated carbocycles. The first-order valence-corrected chi connectivity index (χ1v) is 11.8. The quantitative estimate of drug-likeness (QED) is 0.161. The van der Waals surface area contributed by atoms with E-state index in [0.717, 1.165) is 4.68 Å². The summed E-state index contributed by atoms with van der Waals surface area (Å²) in [6.45, 7) is 5.04. The maximum Gasteiger partial charge on any atom is 0.347 e. The van der Waals surface area contributed by atoms with Gasteiger partial charge >= 0.3 is 11.7 Å². The van der Waals surface area contributed by atoms with Gasteiger partial charge in [-0.2, -0.15) is 9.78 Å². The molecular weight excluding hydrogens is 576 g/mol. The van der Waals surface area contributed by atoms with Crippen molar-refractivity contribution in [3.05, 3.63) is 71.1 Å². The Labute approximate surface area is 211 Å². The molecular formula is C22H20Br2N4O6. The molecule has 0 unspecified atom stereocenters. The second kappa shape index (κ2) is 10.9. The van der Waals surface area contributed by atoms with Gasteiger partial charge in [0, 0.05) is 27.0 Å². The first-order chi connectivity index (χ1) is 16.2. The molecule has 0 aliphatic carbocycles. The fourth-order valence-electron chi connectivity index (χ4n) is 3.11. The molecule has 12 heteroatoms. The van der Waals surface area contributed by atoms with Crippen LogP contribution >= 0.6 is 31.9 Å². The Morgan fingerprint density at radius 3 is 2.65 bits per heavy atom. The summed E-state index contributed by atoms with van der Waals surface area (Å²) >= 11 is 6.59. The van der Waals surface area contributed by atoms with Gasteiger partial charge in [0.15, 0.2) is 6.10 Å². The van der Waals surface area contributed by atoms with Gasteiger partial charge in [0.25, 0.3) is 5.56 Å². The van der Waals surface area contributed by atoms with Crippen LogP contribution in [-0.2, 0) is 16.0 Å². The van der Waals surface area contributed by atoms with Crippen LogP contribution in [0.15, 0.2) is 49.2 Å². The van der Waals surface area contributed by atoms with Crippen LogP contribution in [0.2, 0.25) is 0 Å². The standard InChI is InChI=1S/C22H20Br2N4O6/c1-4-19-26-17-7-6-14(23)9-16(17)21(29)27(19)25-11-13-8-15(24)10-18(28(31)32)20(13)34-12(3)22(30)33-5-2/h6-12H,4-5H2,1-3H3/t12-/m0/s1. The maximum absolute atomic E-state index is 13.1. The second-order valence-electron chi connectivity index (χ2n) is 7.02. The number of hydrogen-bond donors (Lipinski definition) is 0. The van der Waals surface area contributed by atoms with E-state index in [1.165, 1.54) is 25.3 Å². The number of carbonyl (C=O) groups excluding carboxylic acids is 1. The molecule has 0 radical (unpaired) electrons. The minimum atomic E-state index is -1.11. The van der Waals surface area contributed by atoms with E-state index in [4.69, 9.17) is 9.47 Å². The molecule has 0 bridgehead atoms. The van der Waals surface area contributed by atoms with Crippen molar-refractivity contribution in [1.29, 1.82) is 0 Å². The summed E-state index contributed by atoms with van der Waals surface area (Å²) in [5.41, 5.74) is -0.0655. The highest BCUT2D eigenvalue weighted by molar-refractivity contribution is 9.10. The molecule has 1 heterocycles. The zero-order valence-electron chi connectivity index (χ0n) is 18.4. The molecule has 1 aromatic heterocycles. The predicted octanol–water partition coefficient (Wildman–Crippen LogP) is 4.60. The Hall–Kier alpha value is -3.12. The van der Waals surface area contributed by atoms with Crippen LogP contribution in [0.4, 0.5) is 5.69 Å². The molecule has 34 heavy (non-hydrogen) atoms. The van der Waals surface area contributed by atoms with Crippen molar-refractivity contribution in [2.24, 2.45) is 5.10 Å². The summed E-state index contributed by atoms with van der Waals surface area (Å²) in [6.07, 6.45) is 0.567. The molecule has 1 atom stereocenters. The van der Waals surface area contributed by atoms with Crippen LogP contribution in [-0.4, -0.2) is 39.5 Å². The molecule has 0 saturated heterocycles. The number of nitrogens with zero attached hydrogens (tertiary/aromatic N) is 4. The van der Waals surface area contributed by atoms with E-state index in [9.17, 15) is 19.7 Å². The summed E-state index contributed by atoms with van der Waals surface area (Å²) in [6, 6.07) is 7.95. The maximum atomic E-state index is 13.1. The number of nitro groups is 1. The molecule has 178 valence electrons. The highest BCUT2D eigenvalue weighted by atomic mass is 79.9. The Bertz CT molecular complexity index is 1360. The molecule has 0 fully saturated rings. The van der Waals surface area contributed by atoms with Crippen molar-refractivity contribution < 1.29 is 19.2 Å². The lowest BCUT2D eigenvalue weighted by Gasteiger charge is -2.15. The molecule has 0 aliphatic rings. The lowest BCUT2D eigenvalue weighted by atomic mass is 10.2. The number of halogens is 2. The number of esters is 1. The van der Waals surface area contributed by atoms with Gasteiger partial charge < -0.3 is 9.47 Å². The third-order valence-electron chi connectivity index (χ3n) is 4.68. The molecule has 3 rings (SSSR count). The number of fused-ring (bicyclic) bond motifs is 1. The van der Waals surface area contributed by atoms with Gasteiger partial charge in [0.1, 0.15) is 5.82 Å². The van der Waals surface area contributed by atoms with Crippen molar-refractivity contribution in [1.82, 2.24) is 9.66 Å². The number of hydrogen-bond acceptors (Lipinski definition) is 8. The van der Waals surface area contributed by atoms with Crippen LogP contribution < -0.4 is 10.3 Å². The fourth-order valence-corrected chi connectivity index (χ4v) is 3.93. The lowest BCUT2D eigenvalue weighted by Crippen LogP contribution is -2.27. The Morgan fingerprint density at radius 2 is 2.00 bits per heavy atom. The number of rotatable bonds is 8. The highest BCUT2D eigenvalue weighted by Crippen LogP contribution is 2.34. The van der Waals surface area contributed by atoms with E-state index in [2.05, 4.69) is 41.9 Å². The molecule has 0 aliphatic heterocycles. The first-order valence-electron chi connectivity index (χ1n) is 10.2. The largest absolute Gasteiger partial charge is 0.471 e. The van der Waals surface area contributed by atoms with Gasteiger partial charge in [-0.25, -0.2) is 9.78 Å². The average Bonchev–Trinajstić information content (AvgIpc) is 2.79. The minimum Gasteiger partial charge on any atom is -0.471 e. The third kappa shape index (κ3) is 5.50. The number of aromatic nitrogens is 2. The fraction of sp³-hybridized carbons (Fsp3) is 0.273. The Kier molecular flexibility index (Phi) is 8.15. The zero-order chi connectivity index (χ0) is 25.0. The summed E-state index contributed by atoms with van der Waals surface area (Å²) in [4.78, 5) is 40.7. The topological polar surface area (TPSA) is 126 Å². The number of carbonyl (C=O) groups is 1. The monoisotopic (exact) mass is 594 g/mol. The van der Waals surface area contributed by atoms with Crippen LogP contribution in [0.5, 0.6) is 5.75 Å². The lowest BCUT2D eigenvalue weighted by molar-refractivity contribution is -0.386. The van der Waals surface area contributed by atoms with Gasteiger partial charge in [-0.15, -0.1) is 0 Å². The zero-order valence-corrected chi connectivity index (χ0v) is 21.6. The molecule has 0 spiro atoms. The second-order valence-corrected chi connectivity index (χ2v) is 8.85. The smallest absolute Gasteiger partial charge is 0.347 e. The van der Waals surface area contributed by atoms with Crippen molar-refractivity contribution in [3.63, 3.8) is 0 Å². The molecule has 3 aromatic rings. The van der Waals surface area contributed by atoms with Crippen LogP contribution in [0.25, 0.3) is 10.9 Å². The first kappa shape index (κ1) is 25.5. The minimum absolute atomic E-state index is 0.136. The summed E-state index contributed by atoms with van der Waals surface area (Å²) < 4.78 is 12.8. The van der Waals surface area contributed by atoms with Crippen molar-refractivity contribution >= 4 is 60.6 Å². The summed E-state index contributed by atoms with van der Waals surface area (Å²) in [5.74, 6) is -0.445. The van der Waals surface area contributed by atoms with Crippen LogP contribution in [0.3, 0.4) is 0 Å². The van der Waals surface area contributed by atoms with E-state index in [0.29, 0.717) is 32.1 Å². The number of nitro benzene ring substituents is 1. The predicted molar refractivity (Wildman–Crippen MR) is 134 cm³/mol. The van der Waals surface area contributed by atoms with E-state index >= 15 is 0 Å². The van der Waals surface area contributed by atoms with Crippen molar-refractivity contribution in [3.8, 4) is 5.75 Å². The van der Waals surface area contributed by atoms with Gasteiger partial charge in [-0.05, 0) is 38.1 Å². The summed E-state index contributed by atoms with van der Waals surface area (Å²) in [5, 5.41) is 16.3. The van der Waals surface area contributed by atoms with Crippen molar-refractivity contribution in [2.45, 2.75) is 33.3 Å². The number of ether oxygens (including phenoxy) is 2. The van der Waals surface area contributed by atoms with Gasteiger partial charge in [-0.1, -0.05) is 38.8 Å². The van der Waals surface area contributed by atoms with E-state index in [1.54, 1.807) is 25.1 Å². The van der Waals surface area contributed by atoms with E-state index in [1.807, 2.05) is 6.92 Å². The van der Waals surface area contributed by atoms with Gasteiger partial charge in [0.05, 0.1) is 28.6 Å². The average molecular weight is 596 g/mol. The van der Waals surface area contributed by atoms with Gasteiger partial charge in [-0.3, -0.25) is 14.9 Å². The molecule has 0 N–H and O–H groups in total. The number of benzene rings is 2. The van der Waals surface area contributed by atoms with Crippen molar-refractivity contribution in [2.75, 3.05) is 6.61 Å². The third-order valence-corrected chi connectivity index (χ3v) is 5.63. The highest BCUT2D eigenvalue weighted by Gasteiger charge is 2.25. The number of aryl methyl sites for hydroxylation is 1. The molecule has 10 nitrogen and oxygen atoms in total. The SMILES string of the molecule is CCOC(=O)[C@H](C)Oc1c(C=Nn2c(CC)nc3ccc(Br)cc3c2=O)cc(Br)cc1[N+](=O)[O-]. The van der Waals surface area contributed by atoms with Crippen LogP contribution in [0, 0.1) is 10.1 Å². The van der Waals surface area contributed by atoms with E-state index < -0.39 is 22.6 Å². The van der Waals surface area contributed by atoms with Crippen LogP contribution in [0.1, 0.15) is 32.2 Å². The Morgan fingerprint density at radius 1 is 1.26 bits per heavy atom. The normalized spacial score (nSPS) is 12.1.